The van der Waals surface area contributed by atoms with Crippen molar-refractivity contribution in [2.75, 3.05) is 46.0 Å². The number of likely N-dealkylation sites (tertiary alicyclic amines) is 1. The van der Waals surface area contributed by atoms with Gasteiger partial charge in [0.25, 0.3) is 11.7 Å². The van der Waals surface area contributed by atoms with Crippen molar-refractivity contribution >= 4 is 17.4 Å². The average Bonchev–Trinajstić information content (AvgIpc) is 3.40. The molecule has 1 atom stereocenters. The highest BCUT2D eigenvalue weighted by atomic mass is 16.5. The Hall–Kier alpha value is -3.10. The van der Waals surface area contributed by atoms with E-state index in [4.69, 9.17) is 13.9 Å². The van der Waals surface area contributed by atoms with Gasteiger partial charge in [0.1, 0.15) is 23.3 Å². The molecule has 1 aromatic carbocycles. The number of morpholine rings is 1. The molecule has 4 rings (SSSR count). The fourth-order valence-electron chi connectivity index (χ4n) is 3.98. The van der Waals surface area contributed by atoms with Crippen molar-refractivity contribution in [3.05, 3.63) is 59.6 Å². The molecule has 1 unspecified atom stereocenters. The maximum atomic E-state index is 13.0. The molecule has 0 saturated carbocycles. The largest absolute Gasteiger partial charge is 0.507 e. The van der Waals surface area contributed by atoms with Crippen LogP contribution in [-0.2, 0) is 14.3 Å². The number of hydrogen-bond acceptors (Lipinski definition) is 7. The summed E-state index contributed by atoms with van der Waals surface area (Å²) in [5.74, 6) is -0.596. The number of carbonyl (C=O) groups excluding carboxylic acids is 2. The zero-order chi connectivity index (χ0) is 21.8. The van der Waals surface area contributed by atoms with Crippen LogP contribution >= 0.6 is 0 Å². The zero-order valence-electron chi connectivity index (χ0n) is 17.5. The predicted octanol–water partition coefficient (Wildman–Crippen LogP) is 2.43. The van der Waals surface area contributed by atoms with E-state index < -0.39 is 17.7 Å². The summed E-state index contributed by atoms with van der Waals surface area (Å²) in [5, 5.41) is 11.1. The fourth-order valence-corrected chi connectivity index (χ4v) is 3.98. The Labute approximate surface area is 180 Å². The lowest BCUT2D eigenvalue weighted by molar-refractivity contribution is -0.140. The second kappa shape index (κ2) is 9.36. The molecule has 31 heavy (non-hydrogen) atoms. The molecule has 1 amide bonds. The standard InChI is InChI=1S/C23H26N2O6/c1-2-30-17-6-3-5-16(15-17)21(26)19-20(18-7-4-12-31-18)25(23(28)22(19)27)9-8-24-10-13-29-14-11-24/h3-7,12,15,20,26H,2,8-11,13-14H2,1H3/b21-19-. The van der Waals surface area contributed by atoms with E-state index in [1.54, 1.807) is 36.4 Å². The molecular weight excluding hydrogens is 400 g/mol. The summed E-state index contributed by atoms with van der Waals surface area (Å²) in [6.07, 6.45) is 1.49. The van der Waals surface area contributed by atoms with Crippen LogP contribution < -0.4 is 4.74 Å². The van der Waals surface area contributed by atoms with Crippen LogP contribution in [0.1, 0.15) is 24.3 Å². The van der Waals surface area contributed by atoms with Gasteiger partial charge in [-0.1, -0.05) is 12.1 Å². The second-order valence-corrected chi connectivity index (χ2v) is 7.42. The normalized spacial score (nSPS) is 21.6. The fraction of sp³-hybridized carbons (Fsp3) is 0.391. The van der Waals surface area contributed by atoms with E-state index in [1.807, 2.05) is 6.92 Å². The molecule has 1 N–H and O–H groups in total. The lowest BCUT2D eigenvalue weighted by Gasteiger charge is -2.30. The Morgan fingerprint density at radius 1 is 1.16 bits per heavy atom. The third-order valence-corrected chi connectivity index (χ3v) is 5.53. The zero-order valence-corrected chi connectivity index (χ0v) is 17.5. The Bertz CT molecular complexity index is 962. The summed E-state index contributed by atoms with van der Waals surface area (Å²) in [5.41, 5.74) is 0.435. The number of hydrogen-bond donors (Lipinski definition) is 1. The third-order valence-electron chi connectivity index (χ3n) is 5.53. The summed E-state index contributed by atoms with van der Waals surface area (Å²) in [6, 6.07) is 9.46. The number of ketones is 1. The molecule has 1 aromatic heterocycles. The third kappa shape index (κ3) is 4.35. The van der Waals surface area contributed by atoms with Crippen molar-refractivity contribution < 1.29 is 28.6 Å². The lowest BCUT2D eigenvalue weighted by atomic mass is 9.99. The first-order chi connectivity index (χ1) is 15.1. The van der Waals surface area contributed by atoms with Crippen LogP contribution in [0.3, 0.4) is 0 Å². The van der Waals surface area contributed by atoms with Gasteiger partial charge in [-0.3, -0.25) is 14.5 Å². The van der Waals surface area contributed by atoms with Crippen molar-refractivity contribution in [3.63, 3.8) is 0 Å². The minimum Gasteiger partial charge on any atom is -0.507 e. The van der Waals surface area contributed by atoms with Crippen LogP contribution in [0, 0.1) is 0 Å². The highest BCUT2D eigenvalue weighted by molar-refractivity contribution is 6.46. The molecule has 0 bridgehead atoms. The number of Topliss-reactive ketones (excluding diaryl/α,β-unsaturated/α-hetero) is 1. The molecule has 0 radical (unpaired) electrons. The molecule has 8 heteroatoms. The number of aliphatic hydroxyl groups excluding tert-OH is 1. The number of nitrogens with zero attached hydrogens (tertiary/aromatic N) is 2. The number of amides is 1. The first-order valence-electron chi connectivity index (χ1n) is 10.4. The van der Waals surface area contributed by atoms with Gasteiger partial charge in [0, 0.05) is 31.7 Å². The number of carbonyl (C=O) groups is 2. The lowest BCUT2D eigenvalue weighted by Crippen LogP contribution is -2.42. The summed E-state index contributed by atoms with van der Waals surface area (Å²) in [7, 11) is 0. The molecule has 2 aliphatic heterocycles. The topological polar surface area (TPSA) is 92.5 Å². The molecule has 2 aromatic rings. The summed E-state index contributed by atoms with van der Waals surface area (Å²) in [6.45, 7) is 6.14. The monoisotopic (exact) mass is 426 g/mol. The molecule has 2 fully saturated rings. The second-order valence-electron chi connectivity index (χ2n) is 7.42. The van der Waals surface area contributed by atoms with Crippen molar-refractivity contribution in [2.24, 2.45) is 0 Å². The molecule has 3 heterocycles. The van der Waals surface area contributed by atoms with Gasteiger partial charge in [-0.05, 0) is 31.2 Å². The summed E-state index contributed by atoms with van der Waals surface area (Å²) >= 11 is 0. The molecule has 2 saturated heterocycles. The maximum Gasteiger partial charge on any atom is 0.295 e. The van der Waals surface area contributed by atoms with Crippen LogP contribution in [0.4, 0.5) is 0 Å². The highest BCUT2D eigenvalue weighted by Crippen LogP contribution is 2.39. The number of rotatable bonds is 7. The molecule has 164 valence electrons. The quantitative estimate of drug-likeness (QED) is 0.413. The van der Waals surface area contributed by atoms with E-state index >= 15 is 0 Å². The maximum absolute atomic E-state index is 13.0. The van der Waals surface area contributed by atoms with Gasteiger partial charge in [-0.15, -0.1) is 0 Å². The summed E-state index contributed by atoms with van der Waals surface area (Å²) < 4.78 is 16.4. The van der Waals surface area contributed by atoms with Crippen LogP contribution in [0.5, 0.6) is 5.75 Å². The molecule has 0 spiro atoms. The SMILES string of the molecule is CCOc1cccc(/C(O)=C2/C(=O)C(=O)N(CCN3CCOCC3)C2c2ccco2)c1. The van der Waals surface area contributed by atoms with Crippen LogP contribution in [0.2, 0.25) is 0 Å². The van der Waals surface area contributed by atoms with E-state index in [2.05, 4.69) is 4.90 Å². The Kier molecular flexibility index (Phi) is 6.39. The van der Waals surface area contributed by atoms with Gasteiger partial charge in [0.15, 0.2) is 0 Å². The molecular formula is C23H26N2O6. The minimum atomic E-state index is -0.785. The van der Waals surface area contributed by atoms with Crippen molar-refractivity contribution in [1.82, 2.24) is 9.80 Å². The van der Waals surface area contributed by atoms with E-state index in [0.29, 0.717) is 50.0 Å². The Morgan fingerprint density at radius 2 is 1.97 bits per heavy atom. The first kappa shape index (κ1) is 21.1. The van der Waals surface area contributed by atoms with Crippen LogP contribution in [-0.4, -0.2) is 72.6 Å². The van der Waals surface area contributed by atoms with Gasteiger partial charge in [0.05, 0.1) is 31.7 Å². The van der Waals surface area contributed by atoms with Crippen LogP contribution in [0.15, 0.2) is 52.7 Å². The Balaban J connectivity index is 1.68. The van der Waals surface area contributed by atoms with E-state index in [1.165, 1.54) is 11.2 Å². The number of furan rings is 1. The smallest absolute Gasteiger partial charge is 0.295 e. The number of benzene rings is 1. The van der Waals surface area contributed by atoms with Gasteiger partial charge in [0.2, 0.25) is 0 Å². The van der Waals surface area contributed by atoms with Crippen molar-refractivity contribution in [3.8, 4) is 5.75 Å². The average molecular weight is 426 g/mol. The molecule has 8 nitrogen and oxygen atoms in total. The van der Waals surface area contributed by atoms with E-state index in [9.17, 15) is 14.7 Å². The van der Waals surface area contributed by atoms with Gasteiger partial charge < -0.3 is 23.9 Å². The Morgan fingerprint density at radius 3 is 2.68 bits per heavy atom. The van der Waals surface area contributed by atoms with Gasteiger partial charge >= 0.3 is 0 Å². The predicted molar refractivity (Wildman–Crippen MR) is 113 cm³/mol. The molecule has 0 aliphatic carbocycles. The number of aliphatic hydroxyl groups is 1. The van der Waals surface area contributed by atoms with E-state index in [0.717, 1.165) is 13.1 Å². The highest BCUT2D eigenvalue weighted by Gasteiger charge is 2.47. The minimum absolute atomic E-state index is 0.0237. The first-order valence-corrected chi connectivity index (χ1v) is 10.4. The van der Waals surface area contributed by atoms with E-state index in [-0.39, 0.29) is 11.3 Å². The van der Waals surface area contributed by atoms with Crippen LogP contribution in [0.25, 0.3) is 5.76 Å². The molecule has 2 aliphatic rings. The number of ether oxygens (including phenoxy) is 2. The van der Waals surface area contributed by atoms with Gasteiger partial charge in [-0.25, -0.2) is 0 Å². The van der Waals surface area contributed by atoms with Crippen molar-refractivity contribution in [2.45, 2.75) is 13.0 Å². The van der Waals surface area contributed by atoms with Crippen molar-refractivity contribution in [1.29, 1.82) is 0 Å². The van der Waals surface area contributed by atoms with Gasteiger partial charge in [-0.2, -0.15) is 0 Å². The summed E-state index contributed by atoms with van der Waals surface area (Å²) in [4.78, 5) is 29.6.